The zero-order valence-electron chi connectivity index (χ0n) is 15.6. The Labute approximate surface area is 162 Å². The summed E-state index contributed by atoms with van der Waals surface area (Å²) in [6, 6.07) is 10.8. The van der Waals surface area contributed by atoms with Crippen LogP contribution in [0.2, 0.25) is 5.02 Å². The smallest absolute Gasteiger partial charge is 0.340 e. The van der Waals surface area contributed by atoms with Crippen molar-refractivity contribution in [1.29, 1.82) is 0 Å². The van der Waals surface area contributed by atoms with Crippen LogP contribution in [-0.4, -0.2) is 29.7 Å². The number of nitrogens with zero attached hydrogens (tertiary/aromatic N) is 1. The lowest BCUT2D eigenvalue weighted by Gasteiger charge is -2.16. The highest BCUT2D eigenvalue weighted by atomic mass is 35.5. The number of aryl methyl sites for hydroxylation is 2. The van der Waals surface area contributed by atoms with Gasteiger partial charge >= 0.3 is 5.97 Å². The molecule has 0 bridgehead atoms. The molecule has 0 N–H and O–H groups in total. The minimum Gasteiger partial charge on any atom is -0.481 e. The van der Waals surface area contributed by atoms with Gasteiger partial charge < -0.3 is 9.47 Å². The van der Waals surface area contributed by atoms with E-state index in [1.165, 1.54) is 17.9 Å². The maximum Gasteiger partial charge on any atom is 0.340 e. The summed E-state index contributed by atoms with van der Waals surface area (Å²) >= 11 is 6.19. The van der Waals surface area contributed by atoms with Crippen molar-refractivity contribution in [2.24, 2.45) is 0 Å². The SMILES string of the molecule is COC(=O)c1cn(C(=O)[C@H](C)Oc2cc(C)c(Cl)c(C)c2)c2ccccc12. The van der Waals surface area contributed by atoms with Crippen LogP contribution in [0.5, 0.6) is 5.75 Å². The number of hydrogen-bond donors (Lipinski definition) is 0. The lowest BCUT2D eigenvalue weighted by molar-refractivity contribution is 0.0602. The van der Waals surface area contributed by atoms with Gasteiger partial charge in [0.15, 0.2) is 6.10 Å². The molecule has 27 heavy (non-hydrogen) atoms. The molecule has 0 unspecified atom stereocenters. The predicted octanol–water partition coefficient (Wildman–Crippen LogP) is 4.81. The zero-order valence-corrected chi connectivity index (χ0v) is 16.3. The number of hydrogen-bond acceptors (Lipinski definition) is 4. The van der Waals surface area contributed by atoms with Gasteiger partial charge in [0.25, 0.3) is 5.91 Å². The van der Waals surface area contributed by atoms with Gasteiger partial charge in [0.1, 0.15) is 5.75 Å². The van der Waals surface area contributed by atoms with E-state index in [0.29, 0.717) is 27.2 Å². The molecular formula is C21H20ClNO4. The summed E-state index contributed by atoms with van der Waals surface area (Å²) in [6.07, 6.45) is 0.739. The molecule has 0 saturated carbocycles. The Morgan fingerprint density at radius 2 is 1.74 bits per heavy atom. The number of aromatic nitrogens is 1. The van der Waals surface area contributed by atoms with Crippen LogP contribution in [0, 0.1) is 13.8 Å². The molecule has 0 amide bonds. The van der Waals surface area contributed by atoms with Crippen molar-refractivity contribution in [3.05, 3.63) is 64.3 Å². The van der Waals surface area contributed by atoms with Gasteiger partial charge in [-0.15, -0.1) is 0 Å². The summed E-state index contributed by atoms with van der Waals surface area (Å²) in [6.45, 7) is 5.45. The molecule has 140 valence electrons. The summed E-state index contributed by atoms with van der Waals surface area (Å²) in [5.74, 6) is -0.207. The third-order valence-electron chi connectivity index (χ3n) is 4.43. The molecule has 0 spiro atoms. The third kappa shape index (κ3) is 3.55. The Morgan fingerprint density at radius 3 is 2.37 bits per heavy atom. The first-order chi connectivity index (χ1) is 12.8. The number of ether oxygens (including phenoxy) is 2. The fraction of sp³-hybridized carbons (Fsp3) is 0.238. The van der Waals surface area contributed by atoms with E-state index in [9.17, 15) is 9.59 Å². The van der Waals surface area contributed by atoms with Crippen LogP contribution in [0.3, 0.4) is 0 Å². The maximum atomic E-state index is 13.0. The van der Waals surface area contributed by atoms with Crippen LogP contribution >= 0.6 is 11.6 Å². The van der Waals surface area contributed by atoms with Gasteiger partial charge in [0, 0.05) is 16.6 Å². The molecule has 3 aromatic rings. The molecule has 0 fully saturated rings. The summed E-state index contributed by atoms with van der Waals surface area (Å²) in [5.41, 5.74) is 2.73. The number of halogens is 1. The van der Waals surface area contributed by atoms with E-state index in [0.717, 1.165) is 11.1 Å². The average molecular weight is 386 g/mol. The van der Waals surface area contributed by atoms with Crippen molar-refractivity contribution in [3.63, 3.8) is 0 Å². The minimum absolute atomic E-state index is 0.286. The molecule has 1 atom stereocenters. The fourth-order valence-corrected chi connectivity index (χ4v) is 3.17. The van der Waals surface area contributed by atoms with Crippen LogP contribution in [0.4, 0.5) is 0 Å². The van der Waals surface area contributed by atoms with Crippen LogP contribution in [0.25, 0.3) is 10.9 Å². The molecule has 0 aliphatic carbocycles. The Hall–Kier alpha value is -2.79. The van der Waals surface area contributed by atoms with Gasteiger partial charge in [-0.25, -0.2) is 4.79 Å². The normalized spacial score (nSPS) is 12.0. The lowest BCUT2D eigenvalue weighted by atomic mass is 10.1. The number of rotatable bonds is 4. The maximum absolute atomic E-state index is 13.0. The largest absolute Gasteiger partial charge is 0.481 e. The van der Waals surface area contributed by atoms with Crippen molar-refractivity contribution in [1.82, 2.24) is 4.57 Å². The van der Waals surface area contributed by atoms with E-state index < -0.39 is 12.1 Å². The predicted molar refractivity (Wildman–Crippen MR) is 105 cm³/mol. The molecule has 0 saturated heterocycles. The van der Waals surface area contributed by atoms with Crippen LogP contribution < -0.4 is 4.74 Å². The molecule has 3 rings (SSSR count). The van der Waals surface area contributed by atoms with Crippen LogP contribution in [0.1, 0.15) is 33.2 Å². The molecule has 0 aliphatic heterocycles. The molecule has 0 aliphatic rings. The second-order valence-electron chi connectivity index (χ2n) is 6.39. The number of fused-ring (bicyclic) bond motifs is 1. The van der Waals surface area contributed by atoms with Crippen molar-refractivity contribution >= 4 is 34.4 Å². The molecule has 2 aromatic carbocycles. The number of esters is 1. The van der Waals surface area contributed by atoms with E-state index in [2.05, 4.69) is 0 Å². The molecular weight excluding hydrogens is 366 g/mol. The molecule has 0 radical (unpaired) electrons. The van der Waals surface area contributed by atoms with Gasteiger partial charge in [0.05, 0.1) is 18.2 Å². The summed E-state index contributed by atoms with van der Waals surface area (Å²) in [5, 5.41) is 1.34. The highest BCUT2D eigenvalue weighted by Crippen LogP contribution is 2.27. The number of benzene rings is 2. The lowest BCUT2D eigenvalue weighted by Crippen LogP contribution is -2.28. The van der Waals surface area contributed by atoms with E-state index in [1.807, 2.05) is 26.0 Å². The minimum atomic E-state index is -0.758. The van der Waals surface area contributed by atoms with E-state index in [1.54, 1.807) is 31.2 Å². The van der Waals surface area contributed by atoms with Gasteiger partial charge in [-0.05, 0) is 50.1 Å². The van der Waals surface area contributed by atoms with Crippen molar-refractivity contribution in [2.45, 2.75) is 26.9 Å². The Bertz CT molecular complexity index is 1010. The van der Waals surface area contributed by atoms with Gasteiger partial charge in [-0.3, -0.25) is 9.36 Å². The summed E-state index contributed by atoms with van der Waals surface area (Å²) in [4.78, 5) is 25.0. The first-order valence-corrected chi connectivity index (χ1v) is 8.87. The zero-order chi connectivity index (χ0) is 19.7. The fourth-order valence-electron chi connectivity index (χ4n) is 3.06. The van der Waals surface area contributed by atoms with Crippen molar-refractivity contribution in [3.8, 4) is 5.75 Å². The molecule has 6 heteroatoms. The monoisotopic (exact) mass is 385 g/mol. The topological polar surface area (TPSA) is 57.5 Å². The molecule has 1 heterocycles. The van der Waals surface area contributed by atoms with Crippen molar-refractivity contribution in [2.75, 3.05) is 7.11 Å². The first kappa shape index (κ1) is 19.0. The second kappa shape index (κ2) is 7.45. The number of para-hydroxylation sites is 1. The third-order valence-corrected chi connectivity index (χ3v) is 5.02. The van der Waals surface area contributed by atoms with Gasteiger partial charge in [0.2, 0.25) is 0 Å². The van der Waals surface area contributed by atoms with E-state index >= 15 is 0 Å². The first-order valence-electron chi connectivity index (χ1n) is 8.49. The summed E-state index contributed by atoms with van der Waals surface area (Å²) < 4.78 is 12.1. The Balaban J connectivity index is 1.95. The molecule has 1 aromatic heterocycles. The number of carbonyl (C=O) groups is 2. The standard InChI is InChI=1S/C21H20ClNO4/c1-12-9-15(10-13(2)19(12)22)27-14(3)20(24)23-11-17(21(25)26-4)16-7-5-6-8-18(16)23/h5-11,14H,1-4H3/t14-/m0/s1. The second-order valence-corrected chi connectivity index (χ2v) is 6.77. The van der Waals surface area contributed by atoms with Gasteiger partial charge in [-0.2, -0.15) is 0 Å². The quantitative estimate of drug-likeness (QED) is 0.605. The molecule has 5 nitrogen and oxygen atoms in total. The van der Waals surface area contributed by atoms with E-state index in [-0.39, 0.29) is 5.91 Å². The Morgan fingerprint density at radius 1 is 1.11 bits per heavy atom. The number of methoxy groups -OCH3 is 1. The summed E-state index contributed by atoms with van der Waals surface area (Å²) in [7, 11) is 1.31. The average Bonchev–Trinajstić information content (AvgIpc) is 3.04. The van der Waals surface area contributed by atoms with Crippen LogP contribution in [-0.2, 0) is 4.74 Å². The van der Waals surface area contributed by atoms with Gasteiger partial charge in [-0.1, -0.05) is 29.8 Å². The number of carbonyl (C=O) groups excluding carboxylic acids is 2. The van der Waals surface area contributed by atoms with Crippen molar-refractivity contribution < 1.29 is 19.1 Å². The Kier molecular flexibility index (Phi) is 5.24. The highest BCUT2D eigenvalue weighted by molar-refractivity contribution is 6.32. The van der Waals surface area contributed by atoms with E-state index in [4.69, 9.17) is 21.1 Å². The van der Waals surface area contributed by atoms with Crippen LogP contribution in [0.15, 0.2) is 42.6 Å². The highest BCUT2D eigenvalue weighted by Gasteiger charge is 2.23.